The van der Waals surface area contributed by atoms with Crippen molar-refractivity contribution in [2.45, 2.75) is 26.3 Å². The van der Waals surface area contributed by atoms with Crippen molar-refractivity contribution < 1.29 is 0 Å². The lowest BCUT2D eigenvalue weighted by Crippen LogP contribution is -2.31. The minimum absolute atomic E-state index is 0.877. The van der Waals surface area contributed by atoms with E-state index in [0.29, 0.717) is 0 Å². The van der Waals surface area contributed by atoms with Crippen LogP contribution < -0.4 is 5.73 Å². The lowest BCUT2D eigenvalue weighted by atomic mass is 9.90. The van der Waals surface area contributed by atoms with Gasteiger partial charge in [0, 0.05) is 0 Å². The molecule has 2 heteroatoms. The van der Waals surface area contributed by atoms with E-state index in [-0.39, 0.29) is 0 Å². The Morgan fingerprint density at radius 3 is 2.46 bits per heavy atom. The smallest absolute Gasteiger partial charge is 0.127 e. The highest BCUT2D eigenvalue weighted by atomic mass is 14.7. The molecule has 1 rings (SSSR count). The zero-order valence-corrected chi connectivity index (χ0v) is 8.26. The van der Waals surface area contributed by atoms with Crippen LogP contribution in [-0.2, 0) is 5.54 Å². The van der Waals surface area contributed by atoms with Crippen molar-refractivity contribution in [3.05, 3.63) is 34.9 Å². The molecule has 0 amide bonds. The van der Waals surface area contributed by atoms with Gasteiger partial charge in [0.15, 0.2) is 0 Å². The molecule has 0 aliphatic rings. The summed E-state index contributed by atoms with van der Waals surface area (Å²) in [6, 6.07) is 8.04. The largest absolute Gasteiger partial charge is 0.310 e. The fourth-order valence-corrected chi connectivity index (χ4v) is 1.46. The summed E-state index contributed by atoms with van der Waals surface area (Å²) in [7, 11) is 0. The Kier molecular flexibility index (Phi) is 2.40. The predicted molar refractivity (Wildman–Crippen MR) is 53.1 cm³/mol. The van der Waals surface area contributed by atoms with Crippen LogP contribution in [0.1, 0.15) is 23.6 Å². The monoisotopic (exact) mass is 174 g/mol. The normalized spacial score (nSPS) is 14.7. The van der Waals surface area contributed by atoms with Gasteiger partial charge in [0.1, 0.15) is 5.54 Å². The lowest BCUT2D eigenvalue weighted by Gasteiger charge is -2.18. The second kappa shape index (κ2) is 3.20. The highest BCUT2D eigenvalue weighted by Crippen LogP contribution is 2.21. The van der Waals surface area contributed by atoms with Crippen molar-refractivity contribution in [2.75, 3.05) is 0 Å². The molecule has 1 unspecified atom stereocenters. The first kappa shape index (κ1) is 9.76. The van der Waals surface area contributed by atoms with Crippen LogP contribution in [0.5, 0.6) is 0 Å². The molecule has 68 valence electrons. The number of aryl methyl sites for hydroxylation is 2. The molecular formula is C11H14N2. The average molecular weight is 174 g/mol. The van der Waals surface area contributed by atoms with Gasteiger partial charge in [0.05, 0.1) is 6.07 Å². The van der Waals surface area contributed by atoms with E-state index in [2.05, 4.69) is 6.07 Å². The maximum Gasteiger partial charge on any atom is 0.127 e. The van der Waals surface area contributed by atoms with E-state index in [0.717, 1.165) is 11.1 Å². The Bertz CT molecular complexity index is 359. The molecule has 1 atom stereocenters. The standard InChI is InChI=1S/C11H14N2/c1-8-4-5-10(9(2)6-8)11(3,13)7-12/h4-6H,13H2,1-3H3. The van der Waals surface area contributed by atoms with E-state index in [9.17, 15) is 0 Å². The van der Waals surface area contributed by atoms with Gasteiger partial charge in [-0.05, 0) is 31.9 Å². The van der Waals surface area contributed by atoms with Crippen LogP contribution in [-0.4, -0.2) is 0 Å². The van der Waals surface area contributed by atoms with Gasteiger partial charge in [-0.2, -0.15) is 5.26 Å². The summed E-state index contributed by atoms with van der Waals surface area (Å²) in [6.45, 7) is 5.73. The van der Waals surface area contributed by atoms with Gasteiger partial charge in [-0.1, -0.05) is 23.8 Å². The topological polar surface area (TPSA) is 49.8 Å². The minimum Gasteiger partial charge on any atom is -0.310 e. The summed E-state index contributed by atoms with van der Waals surface area (Å²) in [4.78, 5) is 0. The van der Waals surface area contributed by atoms with Gasteiger partial charge in [-0.15, -0.1) is 0 Å². The van der Waals surface area contributed by atoms with Crippen molar-refractivity contribution in [3.8, 4) is 6.07 Å². The van der Waals surface area contributed by atoms with Crippen LogP contribution in [0, 0.1) is 25.2 Å². The fourth-order valence-electron chi connectivity index (χ4n) is 1.46. The van der Waals surface area contributed by atoms with E-state index in [1.165, 1.54) is 5.56 Å². The van der Waals surface area contributed by atoms with Crippen molar-refractivity contribution in [3.63, 3.8) is 0 Å². The second-order valence-electron chi connectivity index (χ2n) is 3.63. The number of nitrogens with two attached hydrogens (primary N) is 1. The zero-order valence-electron chi connectivity index (χ0n) is 8.26. The van der Waals surface area contributed by atoms with Gasteiger partial charge in [-0.3, -0.25) is 0 Å². The molecule has 0 fully saturated rings. The molecule has 13 heavy (non-hydrogen) atoms. The number of nitrogens with zero attached hydrogens (tertiary/aromatic N) is 1. The van der Waals surface area contributed by atoms with Crippen LogP contribution in [0.25, 0.3) is 0 Å². The third-order valence-electron chi connectivity index (χ3n) is 2.17. The molecule has 0 spiro atoms. The van der Waals surface area contributed by atoms with Crippen LogP contribution >= 0.6 is 0 Å². The maximum absolute atomic E-state index is 8.87. The van der Waals surface area contributed by atoms with E-state index >= 15 is 0 Å². The number of hydrogen-bond donors (Lipinski definition) is 1. The van der Waals surface area contributed by atoms with Crippen molar-refractivity contribution >= 4 is 0 Å². The number of rotatable bonds is 1. The highest BCUT2D eigenvalue weighted by Gasteiger charge is 2.21. The molecule has 1 aromatic rings. The number of hydrogen-bond acceptors (Lipinski definition) is 2. The van der Waals surface area contributed by atoms with Gasteiger partial charge >= 0.3 is 0 Å². The first-order valence-corrected chi connectivity index (χ1v) is 4.25. The Labute approximate surface area is 79.0 Å². The summed E-state index contributed by atoms with van der Waals surface area (Å²) in [5, 5.41) is 8.87. The summed E-state index contributed by atoms with van der Waals surface area (Å²) in [5.74, 6) is 0. The molecule has 0 aliphatic heterocycles. The molecule has 0 heterocycles. The molecule has 1 aromatic carbocycles. The minimum atomic E-state index is -0.877. The molecule has 2 N–H and O–H groups in total. The summed E-state index contributed by atoms with van der Waals surface area (Å²) >= 11 is 0. The Morgan fingerprint density at radius 2 is 2.00 bits per heavy atom. The fraction of sp³-hybridized carbons (Fsp3) is 0.364. The summed E-state index contributed by atoms with van der Waals surface area (Å²) in [5.41, 5.74) is 8.12. The van der Waals surface area contributed by atoms with Crippen molar-refractivity contribution in [1.82, 2.24) is 0 Å². The maximum atomic E-state index is 8.87. The summed E-state index contributed by atoms with van der Waals surface area (Å²) < 4.78 is 0. The van der Waals surface area contributed by atoms with Gasteiger partial charge in [0.2, 0.25) is 0 Å². The summed E-state index contributed by atoms with van der Waals surface area (Å²) in [6.07, 6.45) is 0. The highest BCUT2D eigenvalue weighted by molar-refractivity contribution is 5.38. The van der Waals surface area contributed by atoms with Crippen LogP contribution in [0.15, 0.2) is 18.2 Å². The van der Waals surface area contributed by atoms with Crippen molar-refractivity contribution in [1.29, 1.82) is 5.26 Å². The van der Waals surface area contributed by atoms with E-state index in [4.69, 9.17) is 11.0 Å². The molecule has 0 saturated heterocycles. The predicted octanol–water partition coefficient (Wildman–Crippen LogP) is 2.00. The number of nitriles is 1. The first-order valence-electron chi connectivity index (χ1n) is 4.25. The van der Waals surface area contributed by atoms with E-state index in [1.54, 1.807) is 6.92 Å². The molecule has 0 saturated carbocycles. The van der Waals surface area contributed by atoms with Crippen LogP contribution in [0.3, 0.4) is 0 Å². The Morgan fingerprint density at radius 1 is 1.38 bits per heavy atom. The number of benzene rings is 1. The zero-order chi connectivity index (χ0) is 10.1. The molecule has 0 aliphatic carbocycles. The third-order valence-corrected chi connectivity index (χ3v) is 2.17. The van der Waals surface area contributed by atoms with Gasteiger partial charge < -0.3 is 5.73 Å². The van der Waals surface area contributed by atoms with Gasteiger partial charge in [-0.25, -0.2) is 0 Å². The SMILES string of the molecule is Cc1ccc(C(C)(N)C#N)c(C)c1. The molecular weight excluding hydrogens is 160 g/mol. The van der Waals surface area contributed by atoms with E-state index < -0.39 is 5.54 Å². The molecule has 2 nitrogen and oxygen atoms in total. The molecule has 0 bridgehead atoms. The Hall–Kier alpha value is -1.33. The molecule has 0 aromatic heterocycles. The van der Waals surface area contributed by atoms with Crippen molar-refractivity contribution in [2.24, 2.45) is 5.73 Å². The third kappa shape index (κ3) is 1.88. The van der Waals surface area contributed by atoms with Gasteiger partial charge in [0.25, 0.3) is 0 Å². The van der Waals surface area contributed by atoms with Crippen LogP contribution in [0.2, 0.25) is 0 Å². The lowest BCUT2D eigenvalue weighted by molar-refractivity contribution is 0.641. The average Bonchev–Trinajstić information content (AvgIpc) is 2.03. The Balaban J connectivity index is 3.26. The second-order valence-corrected chi connectivity index (χ2v) is 3.63. The first-order chi connectivity index (χ1) is 5.97. The van der Waals surface area contributed by atoms with E-state index in [1.807, 2.05) is 32.0 Å². The van der Waals surface area contributed by atoms with Crippen LogP contribution in [0.4, 0.5) is 0 Å². The molecule has 0 radical (unpaired) electrons. The quantitative estimate of drug-likeness (QED) is 0.708.